The molecule has 0 aromatic heterocycles. The lowest BCUT2D eigenvalue weighted by Gasteiger charge is -2.18. The molecule has 3 nitrogen and oxygen atoms in total. The highest BCUT2D eigenvalue weighted by molar-refractivity contribution is 5.77. The number of phenols is 1. The summed E-state index contributed by atoms with van der Waals surface area (Å²) in [6, 6.07) is 8.17. The highest BCUT2D eigenvalue weighted by Crippen LogP contribution is 2.41. The lowest BCUT2D eigenvalue weighted by molar-refractivity contribution is -0.137. The van der Waals surface area contributed by atoms with Crippen molar-refractivity contribution in [1.82, 2.24) is 4.90 Å². The largest absolute Gasteiger partial charge is 0.504 e. The number of alkyl halides is 3. The molecule has 2 rings (SSSR count). The number of rotatable bonds is 4. The van der Waals surface area contributed by atoms with Crippen molar-refractivity contribution >= 4 is 0 Å². The molecule has 2 aromatic carbocycles. The topological polar surface area (TPSA) is 32.7 Å². The molecule has 0 aliphatic carbocycles. The molecular weight excluding hydrogens is 307 g/mol. The number of hydrogen-bond donors (Lipinski definition) is 1. The minimum Gasteiger partial charge on any atom is -0.504 e. The van der Waals surface area contributed by atoms with Gasteiger partial charge in [-0.15, -0.1) is 0 Å². The number of halogens is 3. The third-order valence-corrected chi connectivity index (χ3v) is 3.43. The van der Waals surface area contributed by atoms with Crippen LogP contribution in [0.15, 0.2) is 36.4 Å². The zero-order valence-corrected chi connectivity index (χ0v) is 13.1. The van der Waals surface area contributed by atoms with Crippen molar-refractivity contribution in [2.75, 3.05) is 21.2 Å². The quantitative estimate of drug-likeness (QED) is 0.917. The van der Waals surface area contributed by atoms with Crippen LogP contribution in [-0.4, -0.2) is 31.2 Å². The Hall–Kier alpha value is -2.21. The second kappa shape index (κ2) is 6.50. The van der Waals surface area contributed by atoms with Gasteiger partial charge in [0.1, 0.15) is 0 Å². The maximum atomic E-state index is 12.7. The summed E-state index contributed by atoms with van der Waals surface area (Å²) in [6.45, 7) is 0.536. The molecule has 0 unspecified atom stereocenters. The van der Waals surface area contributed by atoms with Crippen LogP contribution in [0.1, 0.15) is 11.1 Å². The highest BCUT2D eigenvalue weighted by Gasteiger charge is 2.30. The Morgan fingerprint density at radius 1 is 1.04 bits per heavy atom. The van der Waals surface area contributed by atoms with Gasteiger partial charge in [-0.2, -0.15) is 13.2 Å². The van der Waals surface area contributed by atoms with Gasteiger partial charge in [-0.25, -0.2) is 0 Å². The minimum atomic E-state index is -4.39. The van der Waals surface area contributed by atoms with Crippen LogP contribution in [0.2, 0.25) is 0 Å². The van der Waals surface area contributed by atoms with E-state index in [0.717, 1.165) is 17.7 Å². The van der Waals surface area contributed by atoms with E-state index in [0.29, 0.717) is 17.7 Å². The SMILES string of the molecule is COc1ccc(CN(C)C)c(-c2ccc(C(F)(F)F)cc2)c1O. The van der Waals surface area contributed by atoms with Crippen LogP contribution >= 0.6 is 0 Å². The van der Waals surface area contributed by atoms with Gasteiger partial charge in [0.2, 0.25) is 0 Å². The van der Waals surface area contributed by atoms with Crippen LogP contribution < -0.4 is 4.74 Å². The molecule has 0 atom stereocenters. The molecule has 0 aliphatic heterocycles. The Kier molecular flexibility index (Phi) is 4.85. The average Bonchev–Trinajstić information content (AvgIpc) is 2.46. The zero-order chi connectivity index (χ0) is 17.2. The zero-order valence-electron chi connectivity index (χ0n) is 13.1. The lowest BCUT2D eigenvalue weighted by Crippen LogP contribution is -2.11. The smallest absolute Gasteiger partial charge is 0.416 e. The normalized spacial score (nSPS) is 11.8. The predicted molar refractivity (Wildman–Crippen MR) is 82.5 cm³/mol. The Morgan fingerprint density at radius 3 is 2.13 bits per heavy atom. The fourth-order valence-corrected chi connectivity index (χ4v) is 2.40. The molecule has 0 fully saturated rings. The van der Waals surface area contributed by atoms with Gasteiger partial charge in [0.15, 0.2) is 11.5 Å². The van der Waals surface area contributed by atoms with Gasteiger partial charge in [-0.3, -0.25) is 0 Å². The minimum absolute atomic E-state index is 0.0772. The van der Waals surface area contributed by atoms with Crippen molar-refractivity contribution in [1.29, 1.82) is 0 Å². The first-order valence-corrected chi connectivity index (χ1v) is 6.95. The van der Waals surface area contributed by atoms with Crippen molar-refractivity contribution in [3.63, 3.8) is 0 Å². The van der Waals surface area contributed by atoms with E-state index < -0.39 is 11.7 Å². The molecule has 23 heavy (non-hydrogen) atoms. The van der Waals surface area contributed by atoms with Gasteiger partial charge >= 0.3 is 6.18 Å². The van der Waals surface area contributed by atoms with Crippen molar-refractivity contribution in [3.05, 3.63) is 47.5 Å². The van der Waals surface area contributed by atoms with Crippen molar-refractivity contribution in [2.45, 2.75) is 12.7 Å². The summed E-state index contributed by atoms with van der Waals surface area (Å²) in [5.41, 5.74) is 1.06. The summed E-state index contributed by atoms with van der Waals surface area (Å²) in [4.78, 5) is 1.91. The van der Waals surface area contributed by atoms with Crippen LogP contribution in [0.5, 0.6) is 11.5 Å². The van der Waals surface area contributed by atoms with Gasteiger partial charge < -0.3 is 14.7 Å². The van der Waals surface area contributed by atoms with Crippen LogP contribution in [0, 0.1) is 0 Å². The first-order chi connectivity index (χ1) is 10.7. The molecule has 0 aliphatic rings. The van der Waals surface area contributed by atoms with Gasteiger partial charge in [0, 0.05) is 12.1 Å². The van der Waals surface area contributed by atoms with Gasteiger partial charge in [0.25, 0.3) is 0 Å². The number of benzene rings is 2. The molecule has 2 aromatic rings. The lowest BCUT2D eigenvalue weighted by atomic mass is 9.96. The van der Waals surface area contributed by atoms with E-state index in [1.807, 2.05) is 19.0 Å². The summed E-state index contributed by atoms with van der Waals surface area (Å²) in [5.74, 6) is 0.203. The number of methoxy groups -OCH3 is 1. The van der Waals surface area contributed by atoms with E-state index in [4.69, 9.17) is 4.74 Å². The van der Waals surface area contributed by atoms with E-state index in [9.17, 15) is 18.3 Å². The van der Waals surface area contributed by atoms with Crippen LogP contribution in [0.4, 0.5) is 13.2 Å². The Labute approximate surface area is 132 Å². The van der Waals surface area contributed by atoms with E-state index in [1.54, 1.807) is 12.1 Å². The molecule has 0 amide bonds. The Bertz CT molecular complexity index is 679. The second-order valence-corrected chi connectivity index (χ2v) is 5.46. The number of phenolic OH excluding ortho intramolecular Hbond substituents is 1. The average molecular weight is 325 g/mol. The van der Waals surface area contributed by atoms with Crippen molar-refractivity contribution < 1.29 is 23.0 Å². The van der Waals surface area contributed by atoms with Crippen molar-refractivity contribution in [3.8, 4) is 22.6 Å². The molecule has 0 spiro atoms. The first kappa shape index (κ1) is 17.1. The fraction of sp³-hybridized carbons (Fsp3) is 0.294. The maximum Gasteiger partial charge on any atom is 0.416 e. The second-order valence-electron chi connectivity index (χ2n) is 5.46. The van der Waals surface area contributed by atoms with Gasteiger partial charge in [0.05, 0.1) is 12.7 Å². The molecule has 0 saturated carbocycles. The Morgan fingerprint density at radius 2 is 1.65 bits per heavy atom. The molecule has 0 saturated heterocycles. The van der Waals surface area contributed by atoms with Crippen LogP contribution in [0.25, 0.3) is 11.1 Å². The van der Waals surface area contributed by atoms with E-state index >= 15 is 0 Å². The molecule has 0 heterocycles. The maximum absolute atomic E-state index is 12.7. The van der Waals surface area contributed by atoms with E-state index in [2.05, 4.69) is 0 Å². The summed E-state index contributed by atoms with van der Waals surface area (Å²) >= 11 is 0. The molecular formula is C17H18F3NO2. The monoisotopic (exact) mass is 325 g/mol. The van der Waals surface area contributed by atoms with E-state index in [-0.39, 0.29) is 11.5 Å². The standard InChI is InChI=1S/C17H18F3NO2/c1-21(2)10-12-6-9-14(23-3)16(22)15(12)11-4-7-13(8-5-11)17(18,19)20/h4-9,22H,10H2,1-3H3. The van der Waals surface area contributed by atoms with Crippen LogP contribution in [-0.2, 0) is 12.7 Å². The van der Waals surface area contributed by atoms with Gasteiger partial charge in [-0.05, 0) is 43.4 Å². The van der Waals surface area contributed by atoms with Crippen molar-refractivity contribution in [2.24, 2.45) is 0 Å². The number of hydrogen-bond acceptors (Lipinski definition) is 3. The third-order valence-electron chi connectivity index (χ3n) is 3.43. The molecule has 0 bridgehead atoms. The number of ether oxygens (including phenoxy) is 1. The molecule has 6 heteroatoms. The predicted octanol–water partition coefficient (Wildman–Crippen LogP) is 4.15. The van der Waals surface area contributed by atoms with E-state index in [1.165, 1.54) is 19.2 Å². The molecule has 0 radical (unpaired) electrons. The van der Waals surface area contributed by atoms with Crippen LogP contribution in [0.3, 0.4) is 0 Å². The molecule has 1 N–H and O–H groups in total. The van der Waals surface area contributed by atoms with Gasteiger partial charge in [-0.1, -0.05) is 18.2 Å². The Balaban J connectivity index is 2.56. The highest BCUT2D eigenvalue weighted by atomic mass is 19.4. The first-order valence-electron chi connectivity index (χ1n) is 6.95. The summed E-state index contributed by atoms with van der Waals surface area (Å²) in [6.07, 6.45) is -4.39. The third kappa shape index (κ3) is 3.76. The summed E-state index contributed by atoms with van der Waals surface area (Å²) < 4.78 is 43.2. The fourth-order valence-electron chi connectivity index (χ4n) is 2.40. The summed E-state index contributed by atoms with van der Waals surface area (Å²) in [7, 11) is 5.17. The number of nitrogens with zero attached hydrogens (tertiary/aromatic N) is 1. The molecule has 124 valence electrons. The number of aromatic hydroxyl groups is 1. The summed E-state index contributed by atoms with van der Waals surface area (Å²) in [5, 5.41) is 10.4.